The maximum absolute atomic E-state index is 13.2. The van der Waals surface area contributed by atoms with Gasteiger partial charge in [0.25, 0.3) is 0 Å². The van der Waals surface area contributed by atoms with E-state index >= 15 is 0 Å². The van der Waals surface area contributed by atoms with Gasteiger partial charge in [-0.05, 0) is 31.6 Å². The van der Waals surface area contributed by atoms with Gasteiger partial charge in [-0.15, -0.1) is 0 Å². The number of aliphatic hydroxyl groups is 1. The van der Waals surface area contributed by atoms with Crippen LogP contribution in [0, 0.1) is 5.92 Å². The lowest BCUT2D eigenvalue weighted by Gasteiger charge is -2.21. The number of hydrogen-bond acceptors (Lipinski definition) is 15. The summed E-state index contributed by atoms with van der Waals surface area (Å²) < 4.78 is 69.1. The molecule has 5 atom stereocenters. The van der Waals surface area contributed by atoms with Gasteiger partial charge in [-0.25, -0.2) is 9.13 Å². The van der Waals surface area contributed by atoms with Crippen molar-refractivity contribution in [1.29, 1.82) is 0 Å². The Morgan fingerprint density at radius 3 is 0.624 bits per heavy atom. The zero-order chi connectivity index (χ0) is 79.7. The third-order valence-electron chi connectivity index (χ3n) is 21.3. The lowest BCUT2D eigenvalue weighted by molar-refractivity contribution is -0.161. The van der Waals surface area contributed by atoms with Crippen LogP contribution in [0.5, 0.6) is 0 Å². The Balaban J connectivity index is 5.24. The molecule has 0 fully saturated rings. The van der Waals surface area contributed by atoms with E-state index in [1.54, 1.807) is 0 Å². The summed E-state index contributed by atoms with van der Waals surface area (Å²) in [5, 5.41) is 10.7. The molecule has 0 bridgehead atoms. The van der Waals surface area contributed by atoms with Gasteiger partial charge in [-0.2, -0.15) is 0 Å². The van der Waals surface area contributed by atoms with Crippen LogP contribution < -0.4 is 0 Å². The topological polar surface area (TPSA) is 237 Å². The predicted molar refractivity (Wildman–Crippen MR) is 451 cm³/mol. The fourth-order valence-electron chi connectivity index (χ4n) is 14.2. The van der Waals surface area contributed by atoms with Crippen molar-refractivity contribution in [3.63, 3.8) is 0 Å². The van der Waals surface area contributed by atoms with Crippen molar-refractivity contribution in [2.24, 2.45) is 5.92 Å². The van der Waals surface area contributed by atoms with E-state index in [4.69, 9.17) is 37.0 Å². The summed E-state index contributed by atoms with van der Waals surface area (Å²) in [6, 6.07) is 0. The molecule has 0 amide bonds. The summed E-state index contributed by atoms with van der Waals surface area (Å²) in [7, 11) is -9.93. The van der Waals surface area contributed by atoms with E-state index in [2.05, 4.69) is 34.6 Å². The number of phosphoric acid groups is 2. The van der Waals surface area contributed by atoms with Crippen LogP contribution in [0.15, 0.2) is 0 Å². The number of carbonyl (C=O) groups is 4. The summed E-state index contributed by atoms with van der Waals surface area (Å²) in [6.07, 6.45) is 77.8. The minimum absolute atomic E-state index is 0.108. The smallest absolute Gasteiger partial charge is 0.462 e. The minimum atomic E-state index is -4.97. The highest BCUT2D eigenvalue weighted by Gasteiger charge is 2.31. The maximum atomic E-state index is 13.2. The normalized spacial score (nSPS) is 13.7. The van der Waals surface area contributed by atoms with Crippen LogP contribution in [0.1, 0.15) is 490 Å². The number of phosphoric ester groups is 2. The maximum Gasteiger partial charge on any atom is 0.472 e. The van der Waals surface area contributed by atoms with Crippen molar-refractivity contribution in [3.8, 4) is 0 Å². The molecule has 0 aliphatic heterocycles. The number of unbranched alkanes of at least 4 members (excludes halogenated alkanes) is 62. The summed E-state index contributed by atoms with van der Waals surface area (Å²) in [4.78, 5) is 73.4. The number of rotatable bonds is 90. The molecule has 3 N–H and O–H groups in total. The molecule has 19 heteroatoms. The Morgan fingerprint density at radius 1 is 0.248 bits per heavy atom. The number of aliphatic hydroxyl groups excluding tert-OH is 1. The SMILES string of the molecule is CCCCCCCCCCCCCCCCCCCCCCCC(=O)O[C@H](COC(=O)CCCCCCCCCCCCCCCCCCCCC)COP(=O)(O)OC[C@@H](O)COP(=O)(O)OC[C@@H](COC(=O)CCCCCCCCCCCCCC)OC(=O)CCCCCCCCCCCCCCCCC(C)C. The molecular formula is C90H176O17P2. The number of ether oxygens (including phenoxy) is 4. The molecule has 648 valence electrons. The quantitative estimate of drug-likeness (QED) is 0.0222. The molecule has 0 spiro atoms. The Morgan fingerprint density at radius 2 is 0.422 bits per heavy atom. The van der Waals surface area contributed by atoms with Gasteiger partial charge < -0.3 is 33.8 Å². The molecule has 0 aliphatic rings. The van der Waals surface area contributed by atoms with Crippen LogP contribution in [0.2, 0.25) is 0 Å². The third kappa shape index (κ3) is 83.8. The van der Waals surface area contributed by atoms with E-state index in [1.807, 2.05) is 0 Å². The van der Waals surface area contributed by atoms with Crippen molar-refractivity contribution >= 4 is 39.5 Å². The van der Waals surface area contributed by atoms with E-state index in [0.717, 1.165) is 95.8 Å². The monoisotopic (exact) mass is 1590 g/mol. The lowest BCUT2D eigenvalue weighted by atomic mass is 10.0. The van der Waals surface area contributed by atoms with Crippen molar-refractivity contribution in [2.45, 2.75) is 509 Å². The first-order chi connectivity index (χ1) is 53.0. The first-order valence-electron chi connectivity index (χ1n) is 46.6. The highest BCUT2D eigenvalue weighted by atomic mass is 31.2. The lowest BCUT2D eigenvalue weighted by Crippen LogP contribution is -2.30. The van der Waals surface area contributed by atoms with E-state index < -0.39 is 97.5 Å². The molecule has 0 saturated carbocycles. The highest BCUT2D eigenvalue weighted by molar-refractivity contribution is 7.47. The molecule has 0 aliphatic carbocycles. The summed E-state index contributed by atoms with van der Waals surface area (Å²) in [6.45, 7) is 7.41. The van der Waals surface area contributed by atoms with Gasteiger partial charge in [0.1, 0.15) is 19.3 Å². The van der Waals surface area contributed by atoms with Crippen molar-refractivity contribution in [1.82, 2.24) is 0 Å². The molecule has 0 heterocycles. The largest absolute Gasteiger partial charge is 0.472 e. The first-order valence-corrected chi connectivity index (χ1v) is 49.6. The van der Waals surface area contributed by atoms with Crippen LogP contribution >= 0.6 is 15.6 Å². The molecular weight excluding hydrogens is 1410 g/mol. The van der Waals surface area contributed by atoms with Gasteiger partial charge in [-0.3, -0.25) is 37.3 Å². The number of hydrogen-bond donors (Lipinski definition) is 3. The van der Waals surface area contributed by atoms with Crippen molar-refractivity contribution in [3.05, 3.63) is 0 Å². The van der Waals surface area contributed by atoms with Crippen molar-refractivity contribution < 1.29 is 80.2 Å². The molecule has 0 aromatic carbocycles. The average molecular weight is 1590 g/mol. The van der Waals surface area contributed by atoms with Crippen LogP contribution in [-0.4, -0.2) is 96.7 Å². The average Bonchev–Trinajstić information content (AvgIpc) is 0.900. The fraction of sp³-hybridized carbons (Fsp3) is 0.956. The minimum Gasteiger partial charge on any atom is -0.462 e. The third-order valence-corrected chi connectivity index (χ3v) is 23.2. The Kier molecular flexibility index (Phi) is 81.1. The Hall–Kier alpha value is -1.94. The van der Waals surface area contributed by atoms with E-state index in [-0.39, 0.29) is 25.7 Å². The van der Waals surface area contributed by atoms with Crippen LogP contribution in [0.25, 0.3) is 0 Å². The number of carbonyl (C=O) groups excluding carboxylic acids is 4. The summed E-state index contributed by atoms with van der Waals surface area (Å²) >= 11 is 0. The second-order valence-electron chi connectivity index (χ2n) is 32.8. The van der Waals surface area contributed by atoms with Gasteiger partial charge >= 0.3 is 39.5 Å². The highest BCUT2D eigenvalue weighted by Crippen LogP contribution is 2.45. The second kappa shape index (κ2) is 82.6. The van der Waals surface area contributed by atoms with Crippen LogP contribution in [0.3, 0.4) is 0 Å². The molecule has 109 heavy (non-hydrogen) atoms. The van der Waals surface area contributed by atoms with Crippen LogP contribution in [-0.2, 0) is 65.4 Å². The van der Waals surface area contributed by atoms with Crippen molar-refractivity contribution in [2.75, 3.05) is 39.6 Å². The summed E-state index contributed by atoms with van der Waals surface area (Å²) in [5.74, 6) is -1.30. The van der Waals surface area contributed by atoms with Gasteiger partial charge in [0.15, 0.2) is 12.2 Å². The van der Waals surface area contributed by atoms with Gasteiger partial charge in [0, 0.05) is 25.7 Å². The van der Waals surface area contributed by atoms with E-state index in [0.29, 0.717) is 25.7 Å². The zero-order valence-electron chi connectivity index (χ0n) is 71.7. The standard InChI is InChI=1S/C90H176O17P2/c1-6-9-12-15-18-21-24-27-29-31-33-34-36-38-40-45-50-55-60-65-70-75-89(94)107-86(80-101-88(93)74-69-64-59-54-49-44-39-37-35-32-30-28-25-22-19-16-13-10-7-2)82-105-109(98,99)103-78-84(91)77-102-108(96,97)104-81-85(79-100-87(92)73-68-63-58-53-48-26-23-20-17-14-11-8-3)106-90(95)76-71-66-61-56-51-46-42-41-43-47-52-57-62-67-72-83(4)5/h83-86,91H,6-82H2,1-5H3,(H,96,97)(H,98,99)/t84-,85+,86+/m0/s1. The van der Waals surface area contributed by atoms with E-state index in [1.165, 1.54) is 315 Å². The first kappa shape index (κ1) is 107. The zero-order valence-corrected chi connectivity index (χ0v) is 73.5. The molecule has 0 rings (SSSR count). The molecule has 0 saturated heterocycles. The van der Waals surface area contributed by atoms with Crippen LogP contribution in [0.4, 0.5) is 0 Å². The Labute approximate surface area is 670 Å². The molecule has 0 aromatic rings. The fourth-order valence-corrected chi connectivity index (χ4v) is 15.8. The second-order valence-corrected chi connectivity index (χ2v) is 35.7. The van der Waals surface area contributed by atoms with Gasteiger partial charge in [0.2, 0.25) is 0 Å². The molecule has 2 unspecified atom stereocenters. The Bertz CT molecular complexity index is 2070. The number of esters is 4. The molecule has 17 nitrogen and oxygen atoms in total. The molecule has 0 radical (unpaired) electrons. The van der Waals surface area contributed by atoms with E-state index in [9.17, 15) is 43.2 Å². The predicted octanol–water partition coefficient (Wildman–Crippen LogP) is 27.9. The van der Waals surface area contributed by atoms with Gasteiger partial charge in [0.05, 0.1) is 26.4 Å². The molecule has 0 aromatic heterocycles. The van der Waals surface area contributed by atoms with Gasteiger partial charge in [-0.1, -0.05) is 439 Å². The summed E-state index contributed by atoms with van der Waals surface area (Å²) in [5.41, 5.74) is 0.